The van der Waals surface area contributed by atoms with Gasteiger partial charge in [-0.15, -0.1) is 11.3 Å². The van der Waals surface area contributed by atoms with Crippen molar-refractivity contribution >= 4 is 33.8 Å². The Kier molecular flexibility index (Phi) is 3.31. The Morgan fingerprint density at radius 3 is 2.82 bits per heavy atom. The maximum absolute atomic E-state index is 6.46. The first-order valence-electron chi connectivity index (χ1n) is 7.27. The van der Waals surface area contributed by atoms with Gasteiger partial charge in [-0.05, 0) is 38.0 Å². The molecule has 2 heterocycles. The fourth-order valence-electron chi connectivity index (χ4n) is 2.67. The maximum Gasteiger partial charge on any atom is 0.142 e. The second-order valence-corrected chi connectivity index (χ2v) is 6.90. The van der Waals surface area contributed by atoms with Crippen molar-refractivity contribution in [2.75, 3.05) is 7.11 Å². The molecule has 4 rings (SSSR count). The number of aryl methyl sites for hydroxylation is 1. The summed E-state index contributed by atoms with van der Waals surface area (Å²) in [7, 11) is 1.67. The van der Waals surface area contributed by atoms with E-state index in [1.165, 1.54) is 18.5 Å². The molecular weight excluding hydrogens is 316 g/mol. The maximum atomic E-state index is 6.46. The third-order valence-electron chi connectivity index (χ3n) is 4.09. The lowest BCUT2D eigenvalue weighted by molar-refractivity contribution is 0.412. The van der Waals surface area contributed by atoms with Gasteiger partial charge in [0.2, 0.25) is 0 Å². The minimum atomic E-state index is 0.655. The monoisotopic (exact) mass is 330 g/mol. The predicted octanol–water partition coefficient (Wildman–Crippen LogP) is 5.21. The van der Waals surface area contributed by atoms with E-state index < -0.39 is 0 Å². The highest BCUT2D eigenvalue weighted by atomic mass is 35.5. The summed E-state index contributed by atoms with van der Waals surface area (Å²) < 4.78 is 5.39. The number of rotatable bonds is 3. The number of ether oxygens (including phenoxy) is 1. The third-order valence-corrected chi connectivity index (χ3v) is 5.29. The molecule has 1 saturated carbocycles. The second-order valence-electron chi connectivity index (χ2n) is 5.63. The van der Waals surface area contributed by atoms with Crippen molar-refractivity contribution in [3.8, 4) is 16.5 Å². The van der Waals surface area contributed by atoms with E-state index in [1.54, 1.807) is 18.4 Å². The SMILES string of the molecule is COc1ccc2c(Cl)cc(-c3nc(C4CC4)cs3)nc2c1C. The van der Waals surface area contributed by atoms with Gasteiger partial charge in [0.15, 0.2) is 0 Å². The number of hydrogen-bond acceptors (Lipinski definition) is 4. The Hall–Kier alpha value is -1.65. The average molecular weight is 331 g/mol. The van der Waals surface area contributed by atoms with E-state index in [1.807, 2.05) is 25.1 Å². The van der Waals surface area contributed by atoms with Crippen LogP contribution in [0.4, 0.5) is 0 Å². The molecule has 0 bridgehead atoms. The number of thiazole rings is 1. The molecule has 0 spiro atoms. The van der Waals surface area contributed by atoms with Crippen LogP contribution in [0.1, 0.15) is 30.0 Å². The molecule has 3 nitrogen and oxygen atoms in total. The Bertz CT molecular complexity index is 870. The molecule has 0 atom stereocenters. The zero-order chi connectivity index (χ0) is 15.3. The van der Waals surface area contributed by atoms with Crippen LogP contribution in [-0.2, 0) is 0 Å². The van der Waals surface area contributed by atoms with Crippen LogP contribution in [0.3, 0.4) is 0 Å². The number of aromatic nitrogens is 2. The van der Waals surface area contributed by atoms with E-state index in [9.17, 15) is 0 Å². The van der Waals surface area contributed by atoms with Crippen LogP contribution in [0.25, 0.3) is 21.6 Å². The zero-order valence-electron chi connectivity index (χ0n) is 12.4. The molecule has 0 saturated heterocycles. The summed E-state index contributed by atoms with van der Waals surface area (Å²) in [6.07, 6.45) is 2.51. The molecule has 1 fully saturated rings. The van der Waals surface area contributed by atoms with Crippen LogP contribution >= 0.6 is 22.9 Å². The van der Waals surface area contributed by atoms with E-state index in [0.29, 0.717) is 10.9 Å². The molecule has 5 heteroatoms. The van der Waals surface area contributed by atoms with Crippen molar-refractivity contribution in [2.45, 2.75) is 25.7 Å². The number of pyridine rings is 1. The van der Waals surface area contributed by atoms with Gasteiger partial charge < -0.3 is 4.74 Å². The van der Waals surface area contributed by atoms with Gasteiger partial charge in [0, 0.05) is 22.2 Å². The van der Waals surface area contributed by atoms with Crippen molar-refractivity contribution in [3.63, 3.8) is 0 Å². The number of fused-ring (bicyclic) bond motifs is 1. The van der Waals surface area contributed by atoms with Crippen molar-refractivity contribution in [3.05, 3.63) is 39.9 Å². The lowest BCUT2D eigenvalue weighted by atomic mass is 10.1. The van der Waals surface area contributed by atoms with Crippen LogP contribution in [0, 0.1) is 6.92 Å². The summed E-state index contributed by atoms with van der Waals surface area (Å²) >= 11 is 8.10. The number of halogens is 1. The zero-order valence-corrected chi connectivity index (χ0v) is 14.0. The molecule has 0 N–H and O–H groups in total. The summed E-state index contributed by atoms with van der Waals surface area (Å²) in [5.41, 5.74) is 3.92. The highest BCUT2D eigenvalue weighted by Gasteiger charge is 2.26. The van der Waals surface area contributed by atoms with Crippen LogP contribution in [0.5, 0.6) is 5.75 Å². The lowest BCUT2D eigenvalue weighted by Gasteiger charge is -2.09. The van der Waals surface area contributed by atoms with Gasteiger partial charge in [0.05, 0.1) is 23.3 Å². The fourth-order valence-corrected chi connectivity index (χ4v) is 3.79. The molecule has 22 heavy (non-hydrogen) atoms. The third kappa shape index (κ3) is 2.27. The second kappa shape index (κ2) is 5.21. The standard InChI is InChI=1S/C17H15ClN2OS/c1-9-15(21-2)6-5-11-12(18)7-13(19-16(9)11)17-20-14(8-22-17)10-3-4-10/h5-8,10H,3-4H2,1-2H3. The molecule has 112 valence electrons. The summed E-state index contributed by atoms with van der Waals surface area (Å²) in [6.45, 7) is 2.01. The summed E-state index contributed by atoms with van der Waals surface area (Å²) in [4.78, 5) is 9.52. The van der Waals surface area contributed by atoms with Gasteiger partial charge in [0.25, 0.3) is 0 Å². The van der Waals surface area contributed by atoms with Crippen molar-refractivity contribution in [2.24, 2.45) is 0 Å². The normalized spacial score (nSPS) is 14.5. The molecule has 3 aromatic rings. The minimum Gasteiger partial charge on any atom is -0.496 e. The van der Waals surface area contributed by atoms with E-state index >= 15 is 0 Å². The Morgan fingerprint density at radius 2 is 2.09 bits per heavy atom. The highest BCUT2D eigenvalue weighted by Crippen LogP contribution is 2.42. The predicted molar refractivity (Wildman–Crippen MR) is 91.1 cm³/mol. The largest absolute Gasteiger partial charge is 0.496 e. The first kappa shape index (κ1) is 14.0. The first-order chi connectivity index (χ1) is 10.7. The van der Waals surface area contributed by atoms with Gasteiger partial charge >= 0.3 is 0 Å². The van der Waals surface area contributed by atoms with Gasteiger partial charge in [-0.1, -0.05) is 11.6 Å². The number of nitrogens with zero attached hydrogens (tertiary/aromatic N) is 2. The average Bonchev–Trinajstić information content (AvgIpc) is 3.25. The number of hydrogen-bond donors (Lipinski definition) is 0. The van der Waals surface area contributed by atoms with Crippen LogP contribution in [-0.4, -0.2) is 17.1 Å². The van der Waals surface area contributed by atoms with Crippen molar-refractivity contribution < 1.29 is 4.74 Å². The lowest BCUT2D eigenvalue weighted by Crippen LogP contribution is -1.93. The smallest absolute Gasteiger partial charge is 0.142 e. The molecule has 0 aliphatic heterocycles. The van der Waals surface area contributed by atoms with E-state index in [-0.39, 0.29) is 0 Å². The summed E-state index contributed by atoms with van der Waals surface area (Å²) in [5.74, 6) is 1.48. The molecule has 0 radical (unpaired) electrons. The topological polar surface area (TPSA) is 35.0 Å². The fraction of sp³-hybridized carbons (Fsp3) is 0.294. The van der Waals surface area contributed by atoms with Gasteiger partial charge in [-0.3, -0.25) is 0 Å². The molecule has 0 unspecified atom stereocenters. The quantitative estimate of drug-likeness (QED) is 0.661. The summed E-state index contributed by atoms with van der Waals surface area (Å²) in [6, 6.07) is 5.79. The molecule has 1 aromatic carbocycles. The van der Waals surface area contributed by atoms with E-state index in [0.717, 1.165) is 32.9 Å². The van der Waals surface area contributed by atoms with Crippen LogP contribution in [0.15, 0.2) is 23.6 Å². The number of methoxy groups -OCH3 is 1. The summed E-state index contributed by atoms with van der Waals surface area (Å²) in [5, 5.41) is 4.73. The van der Waals surface area contributed by atoms with Crippen LogP contribution < -0.4 is 4.74 Å². The van der Waals surface area contributed by atoms with Crippen molar-refractivity contribution in [1.82, 2.24) is 9.97 Å². The Morgan fingerprint density at radius 1 is 1.27 bits per heavy atom. The minimum absolute atomic E-state index is 0.655. The van der Waals surface area contributed by atoms with Crippen molar-refractivity contribution in [1.29, 1.82) is 0 Å². The first-order valence-corrected chi connectivity index (χ1v) is 8.53. The highest BCUT2D eigenvalue weighted by molar-refractivity contribution is 7.13. The molecular formula is C17H15ClN2OS. The van der Waals surface area contributed by atoms with E-state index in [2.05, 4.69) is 5.38 Å². The van der Waals surface area contributed by atoms with Gasteiger partial charge in [-0.25, -0.2) is 9.97 Å². The Balaban J connectivity index is 1.88. The van der Waals surface area contributed by atoms with Crippen LogP contribution in [0.2, 0.25) is 5.02 Å². The molecule has 1 aliphatic carbocycles. The molecule has 1 aliphatic rings. The van der Waals surface area contributed by atoms with E-state index in [4.69, 9.17) is 26.3 Å². The van der Waals surface area contributed by atoms with Gasteiger partial charge in [-0.2, -0.15) is 0 Å². The Labute approximate surface area is 137 Å². The molecule has 2 aromatic heterocycles. The number of benzene rings is 1. The molecule has 0 amide bonds. The van der Waals surface area contributed by atoms with Gasteiger partial charge in [0.1, 0.15) is 16.5 Å².